The molecule has 0 N–H and O–H groups in total. The van der Waals surface area contributed by atoms with Crippen molar-refractivity contribution in [1.29, 1.82) is 0 Å². The molecule has 1 atom stereocenters. The largest absolute Gasteiger partial charge is 0.469 e. The highest BCUT2D eigenvalue weighted by molar-refractivity contribution is 5.66. The molecule has 14 heavy (non-hydrogen) atoms. The molecule has 0 aliphatic rings. The molecule has 0 amide bonds. The van der Waals surface area contributed by atoms with E-state index in [4.69, 9.17) is 9.15 Å². The summed E-state index contributed by atoms with van der Waals surface area (Å²) in [6, 6.07) is 1.91. The first-order valence-corrected chi connectivity index (χ1v) is 4.85. The third-order valence-corrected chi connectivity index (χ3v) is 1.98. The molecule has 1 aromatic rings. The number of carbonyl (C=O) groups is 1. The van der Waals surface area contributed by atoms with Crippen molar-refractivity contribution in [2.45, 2.75) is 39.7 Å². The molecule has 78 valence electrons. The molecule has 1 unspecified atom stereocenters. The van der Waals surface area contributed by atoms with Crippen LogP contribution in [0.15, 0.2) is 16.7 Å². The van der Waals surface area contributed by atoms with E-state index in [1.165, 1.54) is 6.92 Å². The van der Waals surface area contributed by atoms with E-state index in [2.05, 4.69) is 6.92 Å². The van der Waals surface area contributed by atoms with E-state index in [1.54, 1.807) is 6.26 Å². The van der Waals surface area contributed by atoms with E-state index in [-0.39, 0.29) is 12.1 Å². The monoisotopic (exact) mass is 196 g/mol. The van der Waals surface area contributed by atoms with E-state index in [0.29, 0.717) is 0 Å². The summed E-state index contributed by atoms with van der Waals surface area (Å²) in [4.78, 5) is 10.9. The Hall–Kier alpha value is -1.25. The molecule has 0 spiro atoms. The molecule has 0 fully saturated rings. The Morgan fingerprint density at radius 1 is 1.64 bits per heavy atom. The van der Waals surface area contributed by atoms with E-state index in [9.17, 15) is 4.79 Å². The van der Waals surface area contributed by atoms with Crippen LogP contribution in [0.3, 0.4) is 0 Å². The molecular weight excluding hydrogens is 180 g/mol. The zero-order valence-corrected chi connectivity index (χ0v) is 8.87. The molecule has 0 aliphatic heterocycles. The van der Waals surface area contributed by atoms with Crippen molar-refractivity contribution in [3.05, 3.63) is 23.7 Å². The SMILES string of the molecule is CCCC(OC(C)=O)c1coc(C)c1. The van der Waals surface area contributed by atoms with Gasteiger partial charge in [-0.2, -0.15) is 0 Å². The molecule has 0 saturated carbocycles. The van der Waals surface area contributed by atoms with Crippen molar-refractivity contribution >= 4 is 5.97 Å². The average Bonchev–Trinajstić information content (AvgIpc) is 2.50. The van der Waals surface area contributed by atoms with Crippen molar-refractivity contribution in [3.8, 4) is 0 Å². The lowest BCUT2D eigenvalue weighted by Gasteiger charge is -2.13. The van der Waals surface area contributed by atoms with Gasteiger partial charge in [0.25, 0.3) is 0 Å². The van der Waals surface area contributed by atoms with E-state index in [1.807, 2.05) is 13.0 Å². The quantitative estimate of drug-likeness (QED) is 0.695. The number of hydrogen-bond donors (Lipinski definition) is 0. The highest BCUT2D eigenvalue weighted by Gasteiger charge is 2.15. The summed E-state index contributed by atoms with van der Waals surface area (Å²) in [6.45, 7) is 5.36. The fourth-order valence-electron chi connectivity index (χ4n) is 1.39. The number of esters is 1. The van der Waals surface area contributed by atoms with Gasteiger partial charge in [0.05, 0.1) is 6.26 Å². The van der Waals surface area contributed by atoms with Gasteiger partial charge >= 0.3 is 5.97 Å². The molecule has 0 saturated heterocycles. The second-order valence-electron chi connectivity index (χ2n) is 3.38. The van der Waals surface area contributed by atoms with Gasteiger partial charge < -0.3 is 9.15 Å². The summed E-state index contributed by atoms with van der Waals surface area (Å²) in [5.41, 5.74) is 0.944. The molecule has 0 aromatic carbocycles. The lowest BCUT2D eigenvalue weighted by Crippen LogP contribution is -2.07. The normalized spacial score (nSPS) is 12.5. The smallest absolute Gasteiger partial charge is 0.303 e. The van der Waals surface area contributed by atoms with E-state index < -0.39 is 0 Å². The first-order valence-electron chi connectivity index (χ1n) is 4.85. The van der Waals surface area contributed by atoms with Gasteiger partial charge in [-0.05, 0) is 19.4 Å². The minimum atomic E-state index is -0.248. The van der Waals surface area contributed by atoms with Gasteiger partial charge in [0.15, 0.2) is 0 Å². The Balaban J connectivity index is 2.71. The van der Waals surface area contributed by atoms with Gasteiger partial charge in [0, 0.05) is 12.5 Å². The average molecular weight is 196 g/mol. The summed E-state index contributed by atoms with van der Waals surface area (Å²) in [7, 11) is 0. The van der Waals surface area contributed by atoms with Gasteiger partial charge in [0.2, 0.25) is 0 Å². The summed E-state index contributed by atoms with van der Waals surface area (Å²) in [5.74, 6) is 0.593. The fraction of sp³-hybridized carbons (Fsp3) is 0.545. The van der Waals surface area contributed by atoms with Crippen molar-refractivity contribution in [1.82, 2.24) is 0 Å². The maximum atomic E-state index is 10.9. The summed E-state index contributed by atoms with van der Waals surface area (Å²) in [6.07, 6.45) is 3.30. The lowest BCUT2D eigenvalue weighted by molar-refractivity contribution is -0.147. The maximum Gasteiger partial charge on any atom is 0.303 e. The number of furan rings is 1. The van der Waals surface area contributed by atoms with Crippen LogP contribution in [0.5, 0.6) is 0 Å². The lowest BCUT2D eigenvalue weighted by atomic mass is 10.1. The second kappa shape index (κ2) is 4.84. The topological polar surface area (TPSA) is 39.4 Å². The van der Waals surface area contributed by atoms with Crippen LogP contribution < -0.4 is 0 Å². The van der Waals surface area contributed by atoms with Gasteiger partial charge in [-0.3, -0.25) is 4.79 Å². The number of carbonyl (C=O) groups excluding carboxylic acids is 1. The van der Waals surface area contributed by atoms with E-state index >= 15 is 0 Å². The van der Waals surface area contributed by atoms with Gasteiger partial charge in [-0.1, -0.05) is 13.3 Å². The van der Waals surface area contributed by atoms with Crippen molar-refractivity contribution in [3.63, 3.8) is 0 Å². The van der Waals surface area contributed by atoms with Gasteiger partial charge in [-0.15, -0.1) is 0 Å². The predicted octanol–water partition coefficient (Wildman–Crippen LogP) is 2.99. The number of rotatable bonds is 4. The van der Waals surface area contributed by atoms with Crippen LogP contribution in [0.2, 0.25) is 0 Å². The molecule has 1 aromatic heterocycles. The summed E-state index contributed by atoms with van der Waals surface area (Å²) in [5, 5.41) is 0. The maximum absolute atomic E-state index is 10.9. The highest BCUT2D eigenvalue weighted by Crippen LogP contribution is 2.24. The molecule has 1 heterocycles. The Morgan fingerprint density at radius 2 is 2.36 bits per heavy atom. The van der Waals surface area contributed by atoms with Crippen LogP contribution in [0.4, 0.5) is 0 Å². The standard InChI is InChI=1S/C11H16O3/c1-4-5-11(14-9(3)12)10-6-8(2)13-7-10/h6-7,11H,4-5H2,1-3H3. The van der Waals surface area contributed by atoms with Crippen LogP contribution in [-0.4, -0.2) is 5.97 Å². The molecule has 1 rings (SSSR count). The van der Waals surface area contributed by atoms with Crippen LogP contribution in [0.1, 0.15) is 44.1 Å². The number of ether oxygens (including phenoxy) is 1. The Kier molecular flexibility index (Phi) is 3.74. The van der Waals surface area contributed by atoms with Crippen molar-refractivity contribution in [2.75, 3.05) is 0 Å². The van der Waals surface area contributed by atoms with Crippen LogP contribution in [-0.2, 0) is 9.53 Å². The third-order valence-electron chi connectivity index (χ3n) is 1.98. The summed E-state index contributed by atoms with van der Waals surface area (Å²) >= 11 is 0. The summed E-state index contributed by atoms with van der Waals surface area (Å²) < 4.78 is 10.4. The molecule has 3 heteroatoms. The Labute approximate surface area is 84.1 Å². The highest BCUT2D eigenvalue weighted by atomic mass is 16.5. The van der Waals surface area contributed by atoms with Gasteiger partial charge in [0.1, 0.15) is 11.9 Å². The van der Waals surface area contributed by atoms with Crippen LogP contribution >= 0.6 is 0 Å². The minimum absolute atomic E-state index is 0.157. The molecular formula is C11H16O3. The third kappa shape index (κ3) is 2.91. The minimum Gasteiger partial charge on any atom is -0.469 e. The molecule has 0 radical (unpaired) electrons. The van der Waals surface area contributed by atoms with Crippen molar-refractivity contribution in [2.24, 2.45) is 0 Å². The number of aryl methyl sites for hydroxylation is 1. The predicted molar refractivity (Wildman–Crippen MR) is 52.9 cm³/mol. The molecule has 3 nitrogen and oxygen atoms in total. The first kappa shape index (κ1) is 10.8. The molecule has 0 bridgehead atoms. The van der Waals surface area contributed by atoms with Crippen molar-refractivity contribution < 1.29 is 13.9 Å². The van der Waals surface area contributed by atoms with Crippen LogP contribution in [0, 0.1) is 6.92 Å². The fourth-order valence-corrected chi connectivity index (χ4v) is 1.39. The molecule has 0 aliphatic carbocycles. The Morgan fingerprint density at radius 3 is 2.79 bits per heavy atom. The number of hydrogen-bond acceptors (Lipinski definition) is 3. The van der Waals surface area contributed by atoms with E-state index in [0.717, 1.165) is 24.2 Å². The zero-order valence-electron chi connectivity index (χ0n) is 8.87. The first-order chi connectivity index (χ1) is 6.63. The second-order valence-corrected chi connectivity index (χ2v) is 3.38. The van der Waals surface area contributed by atoms with Crippen LogP contribution in [0.25, 0.3) is 0 Å². The zero-order chi connectivity index (χ0) is 10.6. The Bertz CT molecular complexity index is 301. The van der Waals surface area contributed by atoms with Gasteiger partial charge in [-0.25, -0.2) is 0 Å².